The van der Waals surface area contributed by atoms with Crippen LogP contribution in [0.1, 0.15) is 5.82 Å². The first kappa shape index (κ1) is 12.3. The third kappa shape index (κ3) is 2.27. The Bertz CT molecular complexity index is 703. The van der Waals surface area contributed by atoms with Crippen molar-refractivity contribution in [2.75, 3.05) is 6.54 Å². The van der Waals surface area contributed by atoms with Gasteiger partial charge in [-0.05, 0) is 46.7 Å². The Morgan fingerprint density at radius 2 is 2.00 bits per heavy atom. The van der Waals surface area contributed by atoms with E-state index >= 15 is 0 Å². The summed E-state index contributed by atoms with van der Waals surface area (Å²) in [6.45, 7) is 0.569. The van der Waals surface area contributed by atoms with Crippen molar-refractivity contribution >= 4 is 27.0 Å². The molecule has 0 bridgehead atoms. The summed E-state index contributed by atoms with van der Waals surface area (Å²) in [6, 6.07) is 12.0. The molecule has 0 aliphatic carbocycles. The Labute approximate surface area is 119 Å². The molecule has 2 aromatic heterocycles. The molecule has 2 heterocycles. The lowest BCUT2D eigenvalue weighted by Crippen LogP contribution is -2.09. The fourth-order valence-electron chi connectivity index (χ4n) is 2.13. The summed E-state index contributed by atoms with van der Waals surface area (Å²) in [6.07, 6.45) is 2.52. The molecule has 0 aliphatic rings. The topological polar surface area (TPSA) is 56.7 Å². The van der Waals surface area contributed by atoms with Crippen molar-refractivity contribution in [3.8, 4) is 5.82 Å². The Kier molecular flexibility index (Phi) is 3.31. The van der Waals surface area contributed by atoms with Crippen molar-refractivity contribution in [1.82, 2.24) is 14.5 Å². The van der Waals surface area contributed by atoms with Gasteiger partial charge in [0.2, 0.25) is 0 Å². The van der Waals surface area contributed by atoms with Crippen molar-refractivity contribution in [1.29, 1.82) is 0 Å². The zero-order valence-corrected chi connectivity index (χ0v) is 11.8. The van der Waals surface area contributed by atoms with E-state index in [9.17, 15) is 0 Å². The van der Waals surface area contributed by atoms with Gasteiger partial charge in [-0.2, -0.15) is 0 Å². The molecule has 0 saturated heterocycles. The number of imidazole rings is 1. The third-order valence-corrected chi connectivity index (χ3v) is 3.41. The molecule has 0 atom stereocenters. The number of fused-ring (bicyclic) bond motifs is 1. The van der Waals surface area contributed by atoms with Crippen LogP contribution < -0.4 is 5.73 Å². The fourth-order valence-corrected chi connectivity index (χ4v) is 2.36. The maximum Gasteiger partial charge on any atom is 0.138 e. The van der Waals surface area contributed by atoms with Crippen LogP contribution >= 0.6 is 15.9 Å². The van der Waals surface area contributed by atoms with E-state index in [4.69, 9.17) is 5.73 Å². The molecule has 0 radical (unpaired) electrons. The van der Waals surface area contributed by atoms with Gasteiger partial charge in [-0.25, -0.2) is 9.97 Å². The fraction of sp³-hybridized carbons (Fsp3) is 0.143. The zero-order valence-electron chi connectivity index (χ0n) is 10.3. The molecule has 3 rings (SSSR count). The van der Waals surface area contributed by atoms with Gasteiger partial charge in [-0.3, -0.25) is 4.57 Å². The van der Waals surface area contributed by atoms with E-state index in [1.807, 2.05) is 36.4 Å². The van der Waals surface area contributed by atoms with Crippen molar-refractivity contribution in [2.24, 2.45) is 5.73 Å². The predicted octanol–water partition coefficient (Wildman–Crippen LogP) is 2.68. The standard InChI is InChI=1S/C14H13BrN4/c15-10-5-6-13(17-9-10)19-12-4-2-1-3-11(12)18-14(19)7-8-16/h1-6,9H,7-8,16H2. The summed E-state index contributed by atoms with van der Waals surface area (Å²) in [7, 11) is 0. The second-order valence-corrected chi connectivity index (χ2v) is 5.14. The van der Waals surface area contributed by atoms with Crippen molar-refractivity contribution < 1.29 is 0 Å². The molecule has 5 heteroatoms. The van der Waals surface area contributed by atoms with Crippen LogP contribution in [0.25, 0.3) is 16.9 Å². The van der Waals surface area contributed by atoms with Crippen LogP contribution in [0.15, 0.2) is 47.1 Å². The Balaban J connectivity index is 2.24. The number of nitrogens with zero attached hydrogens (tertiary/aromatic N) is 3. The highest BCUT2D eigenvalue weighted by molar-refractivity contribution is 9.10. The van der Waals surface area contributed by atoms with E-state index in [-0.39, 0.29) is 0 Å². The van der Waals surface area contributed by atoms with E-state index in [0.717, 1.165) is 33.6 Å². The molecular formula is C14H13BrN4. The summed E-state index contributed by atoms with van der Waals surface area (Å²) < 4.78 is 3.02. The molecule has 0 amide bonds. The maximum atomic E-state index is 5.67. The molecule has 0 fully saturated rings. The van der Waals surface area contributed by atoms with Crippen LogP contribution in [-0.4, -0.2) is 21.1 Å². The van der Waals surface area contributed by atoms with Crippen LogP contribution in [0.2, 0.25) is 0 Å². The minimum atomic E-state index is 0.569. The first-order chi connectivity index (χ1) is 9.29. The molecule has 3 aromatic rings. The van der Waals surface area contributed by atoms with E-state index < -0.39 is 0 Å². The zero-order chi connectivity index (χ0) is 13.2. The molecule has 1 aromatic carbocycles. The summed E-state index contributed by atoms with van der Waals surface area (Å²) in [5, 5.41) is 0. The van der Waals surface area contributed by atoms with E-state index in [2.05, 4.69) is 30.5 Å². The molecule has 0 spiro atoms. The molecule has 0 unspecified atom stereocenters. The summed E-state index contributed by atoms with van der Waals surface area (Å²) in [5.41, 5.74) is 7.70. The number of pyridine rings is 1. The number of hydrogen-bond donors (Lipinski definition) is 1. The summed E-state index contributed by atoms with van der Waals surface area (Å²) in [5.74, 6) is 1.80. The highest BCUT2D eigenvalue weighted by atomic mass is 79.9. The highest BCUT2D eigenvalue weighted by Gasteiger charge is 2.12. The van der Waals surface area contributed by atoms with Gasteiger partial charge in [0.1, 0.15) is 11.6 Å². The Morgan fingerprint density at radius 1 is 1.16 bits per heavy atom. The number of aromatic nitrogens is 3. The second-order valence-electron chi connectivity index (χ2n) is 4.23. The van der Waals surface area contributed by atoms with Gasteiger partial charge in [0, 0.05) is 17.1 Å². The van der Waals surface area contributed by atoms with Gasteiger partial charge in [0.05, 0.1) is 11.0 Å². The van der Waals surface area contributed by atoms with Crippen LogP contribution in [-0.2, 0) is 6.42 Å². The van der Waals surface area contributed by atoms with Crippen molar-refractivity contribution in [3.63, 3.8) is 0 Å². The number of hydrogen-bond acceptors (Lipinski definition) is 3. The molecule has 19 heavy (non-hydrogen) atoms. The van der Waals surface area contributed by atoms with Crippen LogP contribution in [0.5, 0.6) is 0 Å². The number of nitrogens with two attached hydrogens (primary N) is 1. The largest absolute Gasteiger partial charge is 0.330 e. The smallest absolute Gasteiger partial charge is 0.138 e. The van der Waals surface area contributed by atoms with Crippen LogP contribution in [0.4, 0.5) is 0 Å². The van der Waals surface area contributed by atoms with E-state index in [1.54, 1.807) is 6.20 Å². The summed E-state index contributed by atoms with van der Waals surface area (Å²) in [4.78, 5) is 9.08. The molecule has 2 N–H and O–H groups in total. The summed E-state index contributed by atoms with van der Waals surface area (Å²) >= 11 is 3.40. The number of benzene rings is 1. The Morgan fingerprint density at radius 3 is 2.74 bits per heavy atom. The monoisotopic (exact) mass is 316 g/mol. The molecule has 0 aliphatic heterocycles. The maximum absolute atomic E-state index is 5.67. The van der Waals surface area contributed by atoms with Gasteiger partial charge < -0.3 is 5.73 Å². The van der Waals surface area contributed by atoms with Crippen LogP contribution in [0.3, 0.4) is 0 Å². The minimum absolute atomic E-state index is 0.569. The predicted molar refractivity (Wildman–Crippen MR) is 79.3 cm³/mol. The first-order valence-electron chi connectivity index (χ1n) is 6.08. The quantitative estimate of drug-likeness (QED) is 0.808. The highest BCUT2D eigenvalue weighted by Crippen LogP contribution is 2.21. The first-order valence-corrected chi connectivity index (χ1v) is 6.87. The number of halogens is 1. The van der Waals surface area contributed by atoms with Gasteiger partial charge in [0.15, 0.2) is 0 Å². The van der Waals surface area contributed by atoms with Gasteiger partial charge in [-0.15, -0.1) is 0 Å². The van der Waals surface area contributed by atoms with Crippen molar-refractivity contribution in [2.45, 2.75) is 6.42 Å². The number of rotatable bonds is 3. The van der Waals surface area contributed by atoms with E-state index in [0.29, 0.717) is 6.54 Å². The average molecular weight is 317 g/mol. The van der Waals surface area contributed by atoms with Crippen molar-refractivity contribution in [3.05, 3.63) is 52.9 Å². The lowest BCUT2D eigenvalue weighted by Gasteiger charge is -2.07. The third-order valence-electron chi connectivity index (χ3n) is 2.94. The average Bonchev–Trinajstić information content (AvgIpc) is 2.78. The minimum Gasteiger partial charge on any atom is -0.330 e. The van der Waals surface area contributed by atoms with Gasteiger partial charge in [0.25, 0.3) is 0 Å². The van der Waals surface area contributed by atoms with Gasteiger partial charge in [-0.1, -0.05) is 12.1 Å². The lowest BCUT2D eigenvalue weighted by atomic mass is 10.3. The Hall–Kier alpha value is -1.72. The molecule has 4 nitrogen and oxygen atoms in total. The molecule has 96 valence electrons. The van der Waals surface area contributed by atoms with E-state index in [1.165, 1.54) is 0 Å². The molecular weight excluding hydrogens is 304 g/mol. The van der Waals surface area contributed by atoms with Gasteiger partial charge >= 0.3 is 0 Å². The van der Waals surface area contributed by atoms with Crippen LogP contribution in [0, 0.1) is 0 Å². The lowest BCUT2D eigenvalue weighted by molar-refractivity contribution is 0.835. The molecule has 0 saturated carbocycles. The normalized spacial score (nSPS) is 11.1. The SMILES string of the molecule is NCCc1nc2ccccc2n1-c1ccc(Br)cn1. The number of para-hydroxylation sites is 2. The second kappa shape index (κ2) is 5.11.